The van der Waals surface area contributed by atoms with Gasteiger partial charge in [-0.05, 0) is 35.4 Å². The number of pyridine rings is 1. The van der Waals surface area contributed by atoms with Crippen LogP contribution < -0.4 is 23.2 Å². The summed E-state index contributed by atoms with van der Waals surface area (Å²) in [6.07, 6.45) is 2.27. The third kappa shape index (κ3) is 6.86. The second kappa shape index (κ2) is 11.6. The summed E-state index contributed by atoms with van der Waals surface area (Å²) in [4.78, 5) is 0. The highest BCUT2D eigenvalue weighted by atomic mass is 79.9. The van der Waals surface area contributed by atoms with Gasteiger partial charge in [0.2, 0.25) is 11.4 Å². The normalized spacial score (nSPS) is 10.9. The van der Waals surface area contributed by atoms with Crippen molar-refractivity contribution < 1.29 is 33.4 Å². The number of aromatic nitrogens is 1. The van der Waals surface area contributed by atoms with E-state index in [1.54, 1.807) is 0 Å². The molecule has 0 saturated heterocycles. The maximum absolute atomic E-state index is 8.49. The molecule has 4 aromatic carbocycles. The quantitative estimate of drug-likeness (QED) is 0.315. The van der Waals surface area contributed by atoms with E-state index < -0.39 is 10.2 Å². The van der Waals surface area contributed by atoms with E-state index in [1.165, 1.54) is 27.8 Å². The highest BCUT2D eigenvalue weighted by Crippen LogP contribution is 2.34. The van der Waals surface area contributed by atoms with Crippen molar-refractivity contribution in [1.82, 2.24) is 0 Å². The SMILES string of the molecule is Brc1ccc(-[n+]2cc(-c3ccccc3)c(-c3ccccc3)cc2-c2ccccc2)cc1.[O-][Cl+3]([O-])([O-])[O-]. The van der Waals surface area contributed by atoms with E-state index in [-0.39, 0.29) is 0 Å². The second-order valence-electron chi connectivity index (χ2n) is 7.81. The third-order valence-electron chi connectivity index (χ3n) is 5.43. The Morgan fingerprint density at radius 1 is 0.528 bits per heavy atom. The molecule has 0 atom stereocenters. The van der Waals surface area contributed by atoms with Crippen LogP contribution in [0.4, 0.5) is 0 Å². The van der Waals surface area contributed by atoms with Crippen molar-refractivity contribution in [3.63, 3.8) is 0 Å². The van der Waals surface area contributed by atoms with E-state index in [1.807, 2.05) is 0 Å². The first-order valence-corrected chi connectivity index (χ1v) is 13.0. The van der Waals surface area contributed by atoms with E-state index in [2.05, 4.69) is 148 Å². The average molecular weight is 563 g/mol. The molecule has 1 aromatic heterocycles. The Hall–Kier alpha value is -3.36. The number of rotatable bonds is 4. The third-order valence-corrected chi connectivity index (χ3v) is 5.96. The summed E-state index contributed by atoms with van der Waals surface area (Å²) in [5.41, 5.74) is 8.30. The molecule has 5 aromatic rings. The van der Waals surface area contributed by atoms with Gasteiger partial charge in [-0.25, -0.2) is 18.6 Å². The highest BCUT2D eigenvalue weighted by molar-refractivity contribution is 9.10. The van der Waals surface area contributed by atoms with Gasteiger partial charge >= 0.3 is 0 Å². The van der Waals surface area contributed by atoms with Crippen LogP contribution in [0.15, 0.2) is 132 Å². The summed E-state index contributed by atoms with van der Waals surface area (Å²) in [7, 11) is -4.94. The zero-order chi connectivity index (χ0) is 25.5. The smallest absolute Gasteiger partial charge is 0.219 e. The summed E-state index contributed by atoms with van der Waals surface area (Å²) in [6, 6.07) is 42.6. The minimum atomic E-state index is -4.94. The molecule has 5 nitrogen and oxygen atoms in total. The molecule has 0 radical (unpaired) electrons. The molecule has 0 aliphatic carbocycles. The molecule has 0 amide bonds. The van der Waals surface area contributed by atoms with Crippen LogP contribution >= 0.6 is 15.9 Å². The summed E-state index contributed by atoms with van der Waals surface area (Å²) < 4.78 is 37.3. The minimum absolute atomic E-state index is 1.07. The molecule has 0 saturated carbocycles. The average Bonchev–Trinajstić information content (AvgIpc) is 2.89. The van der Waals surface area contributed by atoms with Crippen molar-refractivity contribution >= 4 is 15.9 Å². The van der Waals surface area contributed by atoms with E-state index in [9.17, 15) is 0 Å². The van der Waals surface area contributed by atoms with Crippen molar-refractivity contribution in [2.24, 2.45) is 0 Å². The molecule has 0 aliphatic heterocycles. The topological polar surface area (TPSA) is 96.1 Å². The molecule has 180 valence electrons. The predicted molar refractivity (Wildman–Crippen MR) is 132 cm³/mol. The summed E-state index contributed by atoms with van der Waals surface area (Å²) in [5, 5.41) is 0. The largest absolute Gasteiger partial charge is 0.222 e. The van der Waals surface area contributed by atoms with Gasteiger partial charge in [0.15, 0.2) is 6.20 Å². The standard InChI is InChI=1S/C29H21BrN.ClHO4/c30-25-16-18-26(19-17-25)31-21-28(23-12-6-2-7-13-23)27(22-10-4-1-5-11-22)20-29(31)24-14-8-3-9-15-24;2-1(3,4)5/h1-21H;(H,2,3,4,5)/q+1;/p-1. The Morgan fingerprint density at radius 2 is 0.944 bits per heavy atom. The first-order valence-electron chi connectivity index (χ1n) is 10.9. The fraction of sp³-hybridized carbons (Fsp3) is 0. The van der Waals surface area contributed by atoms with Crippen LogP contribution in [0.25, 0.3) is 39.2 Å². The summed E-state index contributed by atoms with van der Waals surface area (Å²) in [6.45, 7) is 0. The first-order chi connectivity index (χ1) is 17.3. The minimum Gasteiger partial charge on any atom is -0.222 e. The summed E-state index contributed by atoms with van der Waals surface area (Å²) >= 11 is 3.57. The Labute approximate surface area is 220 Å². The molecule has 5 rings (SSSR count). The van der Waals surface area contributed by atoms with Gasteiger partial charge in [-0.15, -0.1) is 10.2 Å². The van der Waals surface area contributed by atoms with Gasteiger partial charge in [0.1, 0.15) is 0 Å². The van der Waals surface area contributed by atoms with Crippen LogP contribution in [-0.2, 0) is 0 Å². The zero-order valence-corrected chi connectivity index (χ0v) is 21.3. The number of halogens is 2. The lowest BCUT2D eigenvalue weighted by Gasteiger charge is -2.17. The van der Waals surface area contributed by atoms with E-state index >= 15 is 0 Å². The molecular formula is C29H21BrClNO4. The fourth-order valence-electron chi connectivity index (χ4n) is 3.90. The molecule has 0 fully saturated rings. The predicted octanol–water partition coefficient (Wildman–Crippen LogP) is 2.97. The van der Waals surface area contributed by atoms with Gasteiger partial charge in [-0.1, -0.05) is 94.8 Å². The Bertz CT molecular complexity index is 1400. The van der Waals surface area contributed by atoms with E-state index in [0.717, 1.165) is 15.9 Å². The maximum Gasteiger partial charge on any atom is 0.219 e. The highest BCUT2D eigenvalue weighted by Gasteiger charge is 2.22. The fourth-order valence-corrected chi connectivity index (χ4v) is 4.17. The van der Waals surface area contributed by atoms with Crippen LogP contribution in [0.1, 0.15) is 0 Å². The number of nitrogens with zero attached hydrogens (tertiary/aromatic N) is 1. The van der Waals surface area contributed by atoms with Crippen molar-refractivity contribution in [3.05, 3.63) is 132 Å². The molecular weight excluding hydrogens is 542 g/mol. The number of hydrogen-bond donors (Lipinski definition) is 0. The van der Waals surface area contributed by atoms with Crippen LogP contribution in [0.2, 0.25) is 0 Å². The van der Waals surface area contributed by atoms with Crippen LogP contribution in [-0.4, -0.2) is 0 Å². The Morgan fingerprint density at radius 3 is 1.42 bits per heavy atom. The second-order valence-corrected chi connectivity index (χ2v) is 9.48. The molecule has 0 unspecified atom stereocenters. The van der Waals surface area contributed by atoms with Crippen molar-refractivity contribution in [3.8, 4) is 39.2 Å². The van der Waals surface area contributed by atoms with Gasteiger partial charge in [0.05, 0.1) is 5.56 Å². The van der Waals surface area contributed by atoms with Gasteiger partial charge in [-0.2, -0.15) is 4.57 Å². The lowest BCUT2D eigenvalue weighted by atomic mass is 9.94. The van der Waals surface area contributed by atoms with Crippen molar-refractivity contribution in [2.45, 2.75) is 0 Å². The summed E-state index contributed by atoms with van der Waals surface area (Å²) in [5.74, 6) is 0. The molecule has 0 aliphatic rings. The van der Waals surface area contributed by atoms with Gasteiger partial charge in [0, 0.05) is 33.8 Å². The molecule has 0 N–H and O–H groups in total. The van der Waals surface area contributed by atoms with E-state index in [4.69, 9.17) is 18.6 Å². The van der Waals surface area contributed by atoms with Gasteiger partial charge in [0.25, 0.3) is 0 Å². The molecule has 7 heteroatoms. The van der Waals surface area contributed by atoms with Crippen molar-refractivity contribution in [2.75, 3.05) is 0 Å². The molecule has 1 heterocycles. The molecule has 0 bridgehead atoms. The van der Waals surface area contributed by atoms with Crippen LogP contribution in [0.3, 0.4) is 0 Å². The van der Waals surface area contributed by atoms with Gasteiger partial charge < -0.3 is 0 Å². The molecule has 36 heavy (non-hydrogen) atoms. The Kier molecular flexibility index (Phi) is 8.28. The van der Waals surface area contributed by atoms with E-state index in [0.29, 0.717) is 0 Å². The molecule has 0 spiro atoms. The van der Waals surface area contributed by atoms with Crippen molar-refractivity contribution in [1.29, 1.82) is 0 Å². The maximum atomic E-state index is 8.49. The monoisotopic (exact) mass is 561 g/mol. The van der Waals surface area contributed by atoms with Crippen LogP contribution in [0.5, 0.6) is 0 Å². The zero-order valence-electron chi connectivity index (χ0n) is 19.0. The van der Waals surface area contributed by atoms with Gasteiger partial charge in [-0.3, -0.25) is 0 Å². The van der Waals surface area contributed by atoms with Crippen LogP contribution in [0, 0.1) is 10.2 Å². The lowest BCUT2D eigenvalue weighted by Crippen LogP contribution is -2.68. The number of benzene rings is 4. The first kappa shape index (κ1) is 25.7. The Balaban J connectivity index is 0.000000556. The number of hydrogen-bond acceptors (Lipinski definition) is 4. The lowest BCUT2D eigenvalue weighted by molar-refractivity contribution is -2.00.